The number of anilines is 1. The fourth-order valence-electron chi connectivity index (χ4n) is 3.06. The van der Waals surface area contributed by atoms with Crippen LogP contribution in [0.4, 0.5) is 5.69 Å². The Morgan fingerprint density at radius 2 is 2.10 bits per heavy atom. The molecular weight excluding hydrogens is 370 g/mol. The molecule has 9 heteroatoms. The maximum Gasteiger partial charge on any atom is 0.246 e. The number of hydrogen-bond donors (Lipinski definition) is 3. The minimum atomic E-state index is -0.112. The highest BCUT2D eigenvalue weighted by atomic mass is 16.5. The largest absolute Gasteiger partial charge is 0.379 e. The zero-order valence-corrected chi connectivity index (χ0v) is 16.8. The standard InChI is InChI=1S/C20H29N7O2/c1-21-20(22-7-9-26-10-12-29-13-11-26)23-15-17-4-2-5-18(14-17)25-19(28)16-27-8-3-6-24-27/h2-6,8,14H,7,9-13,15-16H2,1H3,(H,25,28)(H2,21,22,23). The predicted octanol–water partition coefficient (Wildman–Crippen LogP) is 0.519. The number of carbonyl (C=O) groups is 1. The van der Waals surface area contributed by atoms with E-state index in [2.05, 4.69) is 30.9 Å². The molecule has 0 aliphatic carbocycles. The fraction of sp³-hybridized carbons (Fsp3) is 0.450. The Morgan fingerprint density at radius 3 is 2.86 bits per heavy atom. The van der Waals surface area contributed by atoms with Crippen LogP contribution in [0, 0.1) is 0 Å². The van der Waals surface area contributed by atoms with Gasteiger partial charge in [-0.05, 0) is 23.8 Å². The Bertz CT molecular complexity index is 786. The lowest BCUT2D eigenvalue weighted by atomic mass is 10.2. The molecule has 156 valence electrons. The van der Waals surface area contributed by atoms with Crippen LogP contribution in [0.3, 0.4) is 0 Å². The van der Waals surface area contributed by atoms with E-state index in [1.165, 1.54) is 0 Å². The topological polar surface area (TPSA) is 95.8 Å². The molecular formula is C20H29N7O2. The number of hydrogen-bond acceptors (Lipinski definition) is 5. The highest BCUT2D eigenvalue weighted by Crippen LogP contribution is 2.10. The second kappa shape index (κ2) is 11.2. The van der Waals surface area contributed by atoms with E-state index < -0.39 is 0 Å². The van der Waals surface area contributed by atoms with Crippen molar-refractivity contribution >= 4 is 17.6 Å². The molecule has 1 amide bonds. The minimum Gasteiger partial charge on any atom is -0.379 e. The number of aromatic nitrogens is 2. The van der Waals surface area contributed by atoms with E-state index in [4.69, 9.17) is 4.74 Å². The molecule has 1 aromatic heterocycles. The first-order valence-electron chi connectivity index (χ1n) is 9.84. The molecule has 3 rings (SSSR count). The van der Waals surface area contributed by atoms with E-state index in [-0.39, 0.29) is 12.5 Å². The quantitative estimate of drug-likeness (QED) is 0.442. The lowest BCUT2D eigenvalue weighted by molar-refractivity contribution is -0.116. The highest BCUT2D eigenvalue weighted by Gasteiger charge is 2.10. The summed E-state index contributed by atoms with van der Waals surface area (Å²) in [6.07, 6.45) is 3.42. The molecule has 1 aliphatic rings. The number of rotatable bonds is 8. The van der Waals surface area contributed by atoms with Crippen LogP contribution in [0.25, 0.3) is 0 Å². The number of nitrogens with zero attached hydrogens (tertiary/aromatic N) is 4. The van der Waals surface area contributed by atoms with Crippen LogP contribution in [0.1, 0.15) is 5.56 Å². The van der Waals surface area contributed by atoms with E-state index >= 15 is 0 Å². The van der Waals surface area contributed by atoms with Crippen LogP contribution in [0.15, 0.2) is 47.7 Å². The summed E-state index contributed by atoms with van der Waals surface area (Å²) >= 11 is 0. The van der Waals surface area contributed by atoms with Gasteiger partial charge in [0.25, 0.3) is 0 Å². The predicted molar refractivity (Wildman–Crippen MR) is 113 cm³/mol. The van der Waals surface area contributed by atoms with Crippen LogP contribution in [0.2, 0.25) is 0 Å². The van der Waals surface area contributed by atoms with Gasteiger partial charge in [-0.2, -0.15) is 5.10 Å². The van der Waals surface area contributed by atoms with Crippen molar-refractivity contribution in [3.8, 4) is 0 Å². The second-order valence-electron chi connectivity index (χ2n) is 6.76. The Balaban J connectivity index is 1.41. The summed E-state index contributed by atoms with van der Waals surface area (Å²) in [4.78, 5) is 18.8. The lowest BCUT2D eigenvalue weighted by Crippen LogP contribution is -2.44. The SMILES string of the molecule is CN=C(NCCN1CCOCC1)NCc1cccc(NC(=O)Cn2cccn2)c1. The van der Waals surface area contributed by atoms with Gasteiger partial charge in [0.1, 0.15) is 6.54 Å². The summed E-state index contributed by atoms with van der Waals surface area (Å²) in [6, 6.07) is 9.56. The smallest absolute Gasteiger partial charge is 0.246 e. The molecule has 2 aromatic rings. The van der Waals surface area contributed by atoms with Gasteiger partial charge in [0.2, 0.25) is 5.91 Å². The molecule has 0 bridgehead atoms. The fourth-order valence-corrected chi connectivity index (χ4v) is 3.06. The molecule has 2 heterocycles. The molecule has 1 saturated heterocycles. The van der Waals surface area contributed by atoms with Gasteiger partial charge >= 0.3 is 0 Å². The number of benzene rings is 1. The number of ether oxygens (including phenoxy) is 1. The van der Waals surface area contributed by atoms with Crippen molar-refractivity contribution in [2.45, 2.75) is 13.1 Å². The number of morpholine rings is 1. The average molecular weight is 399 g/mol. The Kier molecular flexibility index (Phi) is 8.02. The number of carbonyl (C=O) groups excluding carboxylic acids is 1. The van der Waals surface area contributed by atoms with Crippen LogP contribution in [-0.4, -0.2) is 73.0 Å². The summed E-state index contributed by atoms with van der Waals surface area (Å²) in [7, 11) is 1.76. The minimum absolute atomic E-state index is 0.112. The van der Waals surface area contributed by atoms with Crippen molar-refractivity contribution in [2.75, 3.05) is 51.8 Å². The van der Waals surface area contributed by atoms with Crippen molar-refractivity contribution in [3.63, 3.8) is 0 Å². The normalized spacial score (nSPS) is 15.1. The Morgan fingerprint density at radius 1 is 1.24 bits per heavy atom. The molecule has 1 aliphatic heterocycles. The summed E-state index contributed by atoms with van der Waals surface area (Å²) in [6.45, 7) is 6.16. The number of amides is 1. The molecule has 0 atom stereocenters. The Hall–Kier alpha value is -2.91. The van der Waals surface area contributed by atoms with Crippen molar-refractivity contribution < 1.29 is 9.53 Å². The van der Waals surface area contributed by atoms with E-state index in [0.29, 0.717) is 6.54 Å². The zero-order chi connectivity index (χ0) is 20.3. The molecule has 0 radical (unpaired) electrons. The van der Waals surface area contributed by atoms with Gasteiger partial charge < -0.3 is 20.7 Å². The molecule has 29 heavy (non-hydrogen) atoms. The molecule has 0 spiro atoms. The van der Waals surface area contributed by atoms with Crippen molar-refractivity contribution in [1.29, 1.82) is 0 Å². The summed E-state index contributed by atoms with van der Waals surface area (Å²) in [5.74, 6) is 0.644. The van der Waals surface area contributed by atoms with Gasteiger partial charge in [0, 0.05) is 57.9 Å². The van der Waals surface area contributed by atoms with Crippen molar-refractivity contribution in [3.05, 3.63) is 48.3 Å². The first-order valence-corrected chi connectivity index (χ1v) is 9.84. The van der Waals surface area contributed by atoms with Gasteiger partial charge in [-0.3, -0.25) is 19.4 Å². The van der Waals surface area contributed by atoms with Gasteiger partial charge in [0.05, 0.1) is 13.2 Å². The molecule has 1 fully saturated rings. The first kappa shape index (κ1) is 20.8. The highest BCUT2D eigenvalue weighted by molar-refractivity contribution is 5.90. The van der Waals surface area contributed by atoms with Gasteiger partial charge in [-0.15, -0.1) is 0 Å². The van der Waals surface area contributed by atoms with Crippen LogP contribution in [-0.2, 0) is 22.6 Å². The number of nitrogens with one attached hydrogen (secondary N) is 3. The van der Waals surface area contributed by atoms with Crippen molar-refractivity contribution in [2.24, 2.45) is 4.99 Å². The monoisotopic (exact) mass is 399 g/mol. The molecule has 9 nitrogen and oxygen atoms in total. The molecule has 1 aromatic carbocycles. The third kappa shape index (κ3) is 7.20. The molecule has 3 N–H and O–H groups in total. The Labute approximate surface area is 171 Å². The zero-order valence-electron chi connectivity index (χ0n) is 16.8. The molecule has 0 saturated carbocycles. The van der Waals surface area contributed by atoms with Crippen LogP contribution >= 0.6 is 0 Å². The third-order valence-corrected chi connectivity index (χ3v) is 4.58. The maximum atomic E-state index is 12.1. The number of guanidine groups is 1. The molecule has 0 unspecified atom stereocenters. The van der Waals surface area contributed by atoms with Gasteiger partial charge in [-0.25, -0.2) is 0 Å². The maximum absolute atomic E-state index is 12.1. The van der Waals surface area contributed by atoms with Crippen molar-refractivity contribution in [1.82, 2.24) is 25.3 Å². The first-order chi connectivity index (χ1) is 14.2. The summed E-state index contributed by atoms with van der Waals surface area (Å²) < 4.78 is 6.96. The van der Waals surface area contributed by atoms with Crippen LogP contribution < -0.4 is 16.0 Å². The van der Waals surface area contributed by atoms with E-state index in [1.54, 1.807) is 30.2 Å². The van der Waals surface area contributed by atoms with E-state index in [1.807, 2.05) is 24.3 Å². The lowest BCUT2D eigenvalue weighted by Gasteiger charge is -2.26. The summed E-state index contributed by atoms with van der Waals surface area (Å²) in [5, 5.41) is 13.6. The number of aliphatic imine (C=N–C) groups is 1. The average Bonchev–Trinajstić information content (AvgIpc) is 3.24. The second-order valence-corrected chi connectivity index (χ2v) is 6.76. The summed E-state index contributed by atoms with van der Waals surface area (Å²) in [5.41, 5.74) is 1.81. The van der Waals surface area contributed by atoms with Crippen LogP contribution in [0.5, 0.6) is 0 Å². The van der Waals surface area contributed by atoms with Gasteiger partial charge in [0.15, 0.2) is 5.96 Å². The third-order valence-electron chi connectivity index (χ3n) is 4.58. The van der Waals surface area contributed by atoms with E-state index in [0.717, 1.165) is 56.6 Å². The van der Waals surface area contributed by atoms with E-state index in [9.17, 15) is 4.79 Å². The van der Waals surface area contributed by atoms with Gasteiger partial charge in [-0.1, -0.05) is 12.1 Å².